The summed E-state index contributed by atoms with van der Waals surface area (Å²) in [5.74, 6) is -1.03. The van der Waals surface area contributed by atoms with Crippen LogP contribution in [0.25, 0.3) is 6.08 Å². The molecule has 0 spiro atoms. The second-order valence-electron chi connectivity index (χ2n) is 6.66. The minimum atomic E-state index is -0.395. The van der Waals surface area contributed by atoms with Gasteiger partial charge < -0.3 is 0 Å². The Morgan fingerprint density at radius 2 is 1.34 bits per heavy atom. The van der Waals surface area contributed by atoms with Crippen LogP contribution in [0.4, 0.5) is 0 Å². The van der Waals surface area contributed by atoms with Crippen LogP contribution in [0, 0.1) is 0 Å². The van der Waals surface area contributed by atoms with E-state index in [0.29, 0.717) is 27.3 Å². The third-order valence-corrected chi connectivity index (χ3v) is 5.00. The number of amides is 2. The van der Waals surface area contributed by atoms with E-state index in [2.05, 4.69) is 0 Å². The molecule has 0 saturated heterocycles. The molecule has 0 N–H and O–H groups in total. The molecule has 0 aromatic heterocycles. The lowest BCUT2D eigenvalue weighted by molar-refractivity contribution is 0.0667. The van der Waals surface area contributed by atoms with E-state index in [-0.39, 0.29) is 12.3 Å². The van der Waals surface area contributed by atoms with E-state index in [1.54, 1.807) is 78.9 Å². The minimum Gasteiger partial charge on any atom is -0.289 e. The molecule has 0 fully saturated rings. The molecule has 1 aliphatic heterocycles. The van der Waals surface area contributed by atoms with Crippen molar-refractivity contribution in [3.05, 3.63) is 112 Å². The Morgan fingerprint density at radius 3 is 1.93 bits per heavy atom. The van der Waals surface area contributed by atoms with Crippen LogP contribution < -0.4 is 0 Å². The predicted molar refractivity (Wildman–Crippen MR) is 112 cm³/mol. The molecule has 29 heavy (non-hydrogen) atoms. The highest BCUT2D eigenvalue weighted by molar-refractivity contribution is 6.30. The van der Waals surface area contributed by atoms with Crippen molar-refractivity contribution in [2.24, 2.45) is 0 Å². The van der Waals surface area contributed by atoms with Crippen LogP contribution in [0.1, 0.15) is 36.6 Å². The first-order valence-electron chi connectivity index (χ1n) is 9.06. The molecule has 2 amide bonds. The lowest BCUT2D eigenvalue weighted by Gasteiger charge is -2.16. The molecule has 142 valence electrons. The molecule has 0 aliphatic carbocycles. The van der Waals surface area contributed by atoms with E-state index in [1.165, 1.54) is 0 Å². The van der Waals surface area contributed by atoms with Gasteiger partial charge >= 0.3 is 0 Å². The first-order chi connectivity index (χ1) is 14.0. The van der Waals surface area contributed by atoms with Crippen LogP contribution >= 0.6 is 11.6 Å². The van der Waals surface area contributed by atoms with Gasteiger partial charge in [-0.2, -0.15) is 0 Å². The average Bonchev–Trinajstić information content (AvgIpc) is 3.00. The van der Waals surface area contributed by atoms with Gasteiger partial charge in [0.1, 0.15) is 0 Å². The van der Waals surface area contributed by atoms with Gasteiger partial charge in [0.15, 0.2) is 5.78 Å². The Kier molecular flexibility index (Phi) is 5.10. The van der Waals surface area contributed by atoms with E-state index in [1.807, 2.05) is 6.07 Å². The molecule has 0 bridgehead atoms. The normalized spacial score (nSPS) is 13.6. The number of carbonyl (C=O) groups excluding carboxylic acids is 3. The van der Waals surface area contributed by atoms with Crippen molar-refractivity contribution in [2.45, 2.75) is 0 Å². The monoisotopic (exact) mass is 401 g/mol. The summed E-state index contributed by atoms with van der Waals surface area (Å²) in [6.07, 6.45) is 1.69. The standard InChI is InChI=1S/C24H16ClNO3/c25-19-12-10-16(11-13-19)14-18(22(27)17-6-2-1-3-7-17)15-26-23(28)20-8-4-5-9-21(20)24(26)29/h1-14H,15H2. The molecule has 3 aromatic carbocycles. The lowest BCUT2D eigenvalue weighted by atomic mass is 10.0. The molecule has 0 radical (unpaired) electrons. The van der Waals surface area contributed by atoms with Crippen molar-refractivity contribution in [1.82, 2.24) is 4.90 Å². The van der Waals surface area contributed by atoms with Crippen molar-refractivity contribution >= 4 is 35.3 Å². The summed E-state index contributed by atoms with van der Waals surface area (Å²) in [4.78, 5) is 39.8. The quantitative estimate of drug-likeness (QED) is 0.347. The number of halogens is 1. The van der Waals surface area contributed by atoms with Crippen molar-refractivity contribution in [3.8, 4) is 0 Å². The summed E-state index contributed by atoms with van der Waals surface area (Å²) < 4.78 is 0. The SMILES string of the molecule is O=C(C(=Cc1ccc(Cl)cc1)CN1C(=O)c2ccccc2C1=O)c1ccccc1. The molecule has 0 saturated carbocycles. The molecular formula is C24H16ClNO3. The maximum Gasteiger partial charge on any atom is 0.261 e. The average molecular weight is 402 g/mol. The van der Waals surface area contributed by atoms with Crippen LogP contribution in [-0.2, 0) is 0 Å². The third kappa shape index (κ3) is 3.75. The fraction of sp³-hybridized carbons (Fsp3) is 0.0417. The van der Waals surface area contributed by atoms with Gasteiger partial charge in [0.2, 0.25) is 0 Å². The van der Waals surface area contributed by atoms with E-state index >= 15 is 0 Å². The predicted octanol–water partition coefficient (Wildman–Crippen LogP) is 4.90. The molecule has 5 heteroatoms. The van der Waals surface area contributed by atoms with Gasteiger partial charge in [-0.05, 0) is 35.9 Å². The Bertz CT molecular complexity index is 1100. The highest BCUT2D eigenvalue weighted by atomic mass is 35.5. The highest BCUT2D eigenvalue weighted by Crippen LogP contribution is 2.25. The molecule has 1 aliphatic rings. The smallest absolute Gasteiger partial charge is 0.261 e. The Labute approximate surface area is 173 Å². The second-order valence-corrected chi connectivity index (χ2v) is 7.09. The number of hydrogen-bond acceptors (Lipinski definition) is 3. The number of imide groups is 1. The zero-order valence-corrected chi connectivity index (χ0v) is 16.1. The number of hydrogen-bond donors (Lipinski definition) is 0. The maximum atomic E-state index is 13.1. The number of rotatable bonds is 5. The molecule has 0 unspecified atom stereocenters. The third-order valence-electron chi connectivity index (χ3n) is 4.75. The van der Waals surface area contributed by atoms with Crippen LogP contribution in [0.15, 0.2) is 84.4 Å². The Hall–Kier alpha value is -3.50. The van der Waals surface area contributed by atoms with Crippen LogP contribution in [0.2, 0.25) is 5.02 Å². The Balaban J connectivity index is 1.71. The van der Waals surface area contributed by atoms with Crippen molar-refractivity contribution in [1.29, 1.82) is 0 Å². The molecule has 0 atom stereocenters. The van der Waals surface area contributed by atoms with Gasteiger partial charge in [0.25, 0.3) is 11.8 Å². The van der Waals surface area contributed by atoms with Gasteiger partial charge in [0, 0.05) is 16.2 Å². The zero-order valence-electron chi connectivity index (χ0n) is 15.3. The van der Waals surface area contributed by atoms with Crippen molar-refractivity contribution < 1.29 is 14.4 Å². The number of Topliss-reactive ketones (excluding diaryl/α,β-unsaturated/α-hetero) is 1. The van der Waals surface area contributed by atoms with Crippen LogP contribution in [0.3, 0.4) is 0 Å². The number of carbonyl (C=O) groups is 3. The number of fused-ring (bicyclic) bond motifs is 1. The van der Waals surface area contributed by atoms with Gasteiger partial charge in [-0.25, -0.2) is 0 Å². The summed E-state index contributed by atoms with van der Waals surface area (Å²) in [5.41, 5.74) is 2.30. The maximum absolute atomic E-state index is 13.1. The van der Waals surface area contributed by atoms with Gasteiger partial charge in [-0.15, -0.1) is 0 Å². The summed E-state index contributed by atoms with van der Waals surface area (Å²) in [6, 6.07) is 22.5. The topological polar surface area (TPSA) is 54.5 Å². The number of benzene rings is 3. The molecular weight excluding hydrogens is 386 g/mol. The van der Waals surface area contributed by atoms with Gasteiger partial charge in [-0.3, -0.25) is 19.3 Å². The molecule has 4 nitrogen and oxygen atoms in total. The van der Waals surface area contributed by atoms with Crippen LogP contribution in [0.5, 0.6) is 0 Å². The molecule has 1 heterocycles. The first kappa shape index (κ1) is 18.8. The van der Waals surface area contributed by atoms with Crippen LogP contribution in [-0.4, -0.2) is 29.0 Å². The largest absolute Gasteiger partial charge is 0.289 e. The van der Waals surface area contributed by atoms with Crippen molar-refractivity contribution in [2.75, 3.05) is 6.54 Å². The molecule has 4 rings (SSSR count). The highest BCUT2D eigenvalue weighted by Gasteiger charge is 2.36. The summed E-state index contributed by atoms with van der Waals surface area (Å²) in [6.45, 7) is -0.108. The summed E-state index contributed by atoms with van der Waals surface area (Å²) in [7, 11) is 0. The first-order valence-corrected chi connectivity index (χ1v) is 9.43. The van der Waals surface area contributed by atoms with Gasteiger partial charge in [0.05, 0.1) is 17.7 Å². The molecule has 3 aromatic rings. The summed E-state index contributed by atoms with van der Waals surface area (Å²) >= 11 is 5.95. The number of nitrogens with zero attached hydrogens (tertiary/aromatic N) is 1. The van der Waals surface area contributed by atoms with E-state index in [9.17, 15) is 14.4 Å². The number of ketones is 1. The van der Waals surface area contributed by atoms with E-state index in [0.717, 1.165) is 10.5 Å². The fourth-order valence-electron chi connectivity index (χ4n) is 3.27. The fourth-order valence-corrected chi connectivity index (χ4v) is 3.40. The minimum absolute atomic E-state index is 0.108. The Morgan fingerprint density at radius 1 is 0.793 bits per heavy atom. The van der Waals surface area contributed by atoms with Gasteiger partial charge in [-0.1, -0.05) is 66.2 Å². The zero-order chi connectivity index (χ0) is 20.4. The van der Waals surface area contributed by atoms with E-state index < -0.39 is 11.8 Å². The second kappa shape index (κ2) is 7.86. The summed E-state index contributed by atoms with van der Waals surface area (Å²) in [5, 5.41) is 0.582. The van der Waals surface area contributed by atoms with E-state index in [4.69, 9.17) is 11.6 Å². The lowest BCUT2D eigenvalue weighted by Crippen LogP contribution is -2.33. The van der Waals surface area contributed by atoms with Crippen molar-refractivity contribution in [3.63, 3.8) is 0 Å².